The molecule has 0 aromatic rings. The van der Waals surface area contributed by atoms with Crippen LogP contribution in [0.5, 0.6) is 0 Å². The average molecular weight is 170 g/mol. The van der Waals surface area contributed by atoms with E-state index in [1.807, 2.05) is 0 Å². The highest BCUT2D eigenvalue weighted by molar-refractivity contribution is 5.99. The van der Waals surface area contributed by atoms with E-state index < -0.39 is 11.9 Å². The second-order valence-corrected chi connectivity index (χ2v) is 3.28. The third kappa shape index (κ3) is 1.65. The lowest BCUT2D eigenvalue weighted by atomic mass is 9.78. The number of hydrogen-bond donors (Lipinski definition) is 0. The van der Waals surface area contributed by atoms with Crippen LogP contribution in [0.25, 0.3) is 0 Å². The van der Waals surface area contributed by atoms with Gasteiger partial charge in [0, 0.05) is 5.92 Å². The minimum absolute atomic E-state index is 0.0492. The van der Waals surface area contributed by atoms with E-state index in [9.17, 15) is 9.59 Å². The average Bonchev–Trinajstić information content (AvgIpc) is 1.98. The number of Topliss-reactive ketones (excluding diaryl/α,β-unsaturated/α-hetero) is 1. The van der Waals surface area contributed by atoms with Crippen LogP contribution in [0.1, 0.15) is 26.2 Å². The molecule has 0 radical (unpaired) electrons. The predicted molar refractivity (Wildman–Crippen MR) is 43.5 cm³/mol. The van der Waals surface area contributed by atoms with Crippen molar-refractivity contribution in [3.63, 3.8) is 0 Å². The standard InChI is InChI=1S/C9H14O3/c1-6(9(11)12-2)8(10)7-4-3-5-7/h6-7H,3-5H2,1-2H3/t6-/m0/s1. The molecule has 3 heteroatoms. The van der Waals surface area contributed by atoms with Gasteiger partial charge in [0.05, 0.1) is 7.11 Å². The van der Waals surface area contributed by atoms with Crippen molar-refractivity contribution in [2.24, 2.45) is 11.8 Å². The van der Waals surface area contributed by atoms with Gasteiger partial charge in [0.25, 0.3) is 0 Å². The number of rotatable bonds is 3. The summed E-state index contributed by atoms with van der Waals surface area (Å²) in [6.07, 6.45) is 3.00. The van der Waals surface area contributed by atoms with Crippen LogP contribution in [0.3, 0.4) is 0 Å². The molecule has 1 rings (SSSR count). The van der Waals surface area contributed by atoms with E-state index in [2.05, 4.69) is 4.74 Å². The zero-order chi connectivity index (χ0) is 9.14. The van der Waals surface area contributed by atoms with Gasteiger partial charge in [-0.25, -0.2) is 0 Å². The molecule has 0 N–H and O–H groups in total. The smallest absolute Gasteiger partial charge is 0.315 e. The summed E-state index contributed by atoms with van der Waals surface area (Å²) in [6.45, 7) is 1.62. The first kappa shape index (κ1) is 9.23. The summed E-state index contributed by atoms with van der Waals surface area (Å²) < 4.78 is 4.49. The Morgan fingerprint density at radius 3 is 2.33 bits per heavy atom. The molecule has 1 fully saturated rings. The van der Waals surface area contributed by atoms with Gasteiger partial charge in [-0.1, -0.05) is 6.42 Å². The first-order valence-corrected chi connectivity index (χ1v) is 4.28. The summed E-state index contributed by atoms with van der Waals surface area (Å²) in [7, 11) is 1.31. The molecule has 1 aliphatic rings. The fourth-order valence-corrected chi connectivity index (χ4v) is 1.34. The van der Waals surface area contributed by atoms with E-state index in [0.29, 0.717) is 0 Å². The first-order chi connectivity index (χ1) is 5.66. The van der Waals surface area contributed by atoms with Crippen LogP contribution in [-0.2, 0) is 14.3 Å². The number of ether oxygens (including phenoxy) is 1. The Bertz CT molecular complexity index is 194. The quantitative estimate of drug-likeness (QED) is 0.471. The Kier molecular flexibility index (Phi) is 2.84. The number of esters is 1. The highest BCUT2D eigenvalue weighted by atomic mass is 16.5. The summed E-state index contributed by atoms with van der Waals surface area (Å²) in [5, 5.41) is 0. The van der Waals surface area contributed by atoms with Gasteiger partial charge in [-0.15, -0.1) is 0 Å². The fourth-order valence-electron chi connectivity index (χ4n) is 1.34. The van der Waals surface area contributed by atoms with Crippen molar-refractivity contribution in [2.45, 2.75) is 26.2 Å². The summed E-state index contributed by atoms with van der Waals surface area (Å²) in [4.78, 5) is 22.4. The molecular formula is C9H14O3. The lowest BCUT2D eigenvalue weighted by Gasteiger charge is -2.25. The molecule has 0 saturated heterocycles. The monoisotopic (exact) mass is 170 g/mol. The lowest BCUT2D eigenvalue weighted by molar-refractivity contribution is -0.150. The SMILES string of the molecule is COC(=O)[C@@H](C)C(=O)C1CCC1. The summed E-state index contributed by atoms with van der Waals surface area (Å²) in [5.41, 5.74) is 0. The van der Waals surface area contributed by atoms with Gasteiger partial charge < -0.3 is 4.74 Å². The summed E-state index contributed by atoms with van der Waals surface area (Å²) in [6, 6.07) is 0. The van der Waals surface area contributed by atoms with Gasteiger partial charge in [-0.2, -0.15) is 0 Å². The molecule has 68 valence electrons. The van der Waals surface area contributed by atoms with Crippen molar-refractivity contribution in [1.82, 2.24) is 0 Å². The van der Waals surface area contributed by atoms with Crippen molar-refractivity contribution >= 4 is 11.8 Å². The molecule has 0 aliphatic heterocycles. The van der Waals surface area contributed by atoms with Gasteiger partial charge in [0.2, 0.25) is 0 Å². The van der Waals surface area contributed by atoms with Crippen molar-refractivity contribution in [2.75, 3.05) is 7.11 Å². The molecule has 0 spiro atoms. The molecule has 3 nitrogen and oxygen atoms in total. The second-order valence-electron chi connectivity index (χ2n) is 3.28. The largest absolute Gasteiger partial charge is 0.468 e. The molecule has 12 heavy (non-hydrogen) atoms. The van der Waals surface area contributed by atoms with Crippen LogP contribution in [0.4, 0.5) is 0 Å². The third-order valence-corrected chi connectivity index (χ3v) is 2.49. The predicted octanol–water partition coefficient (Wildman–Crippen LogP) is 1.16. The lowest BCUT2D eigenvalue weighted by Crippen LogP contribution is -2.32. The molecule has 0 aromatic heterocycles. The van der Waals surface area contributed by atoms with Crippen LogP contribution in [-0.4, -0.2) is 18.9 Å². The number of carbonyl (C=O) groups excluding carboxylic acids is 2. The molecule has 0 unspecified atom stereocenters. The number of hydrogen-bond acceptors (Lipinski definition) is 3. The molecule has 1 saturated carbocycles. The first-order valence-electron chi connectivity index (χ1n) is 4.28. The number of methoxy groups -OCH3 is 1. The molecule has 1 aliphatic carbocycles. The van der Waals surface area contributed by atoms with Crippen molar-refractivity contribution in [1.29, 1.82) is 0 Å². The molecular weight excluding hydrogens is 156 g/mol. The number of carbonyl (C=O) groups is 2. The topological polar surface area (TPSA) is 43.4 Å². The van der Waals surface area contributed by atoms with E-state index in [1.54, 1.807) is 6.92 Å². The highest BCUT2D eigenvalue weighted by Gasteiger charge is 2.32. The minimum Gasteiger partial charge on any atom is -0.468 e. The Hall–Kier alpha value is -0.860. The van der Waals surface area contributed by atoms with E-state index in [1.165, 1.54) is 7.11 Å². The third-order valence-electron chi connectivity index (χ3n) is 2.49. The normalized spacial score (nSPS) is 19.5. The molecule has 0 heterocycles. The zero-order valence-electron chi connectivity index (χ0n) is 7.50. The van der Waals surface area contributed by atoms with Crippen molar-refractivity contribution in [3.8, 4) is 0 Å². The molecule has 1 atom stereocenters. The second kappa shape index (κ2) is 3.70. The maximum atomic E-state index is 11.4. The maximum Gasteiger partial charge on any atom is 0.315 e. The van der Waals surface area contributed by atoms with Gasteiger partial charge >= 0.3 is 5.97 Å². The van der Waals surface area contributed by atoms with E-state index in [-0.39, 0.29) is 11.7 Å². The Balaban J connectivity index is 2.45. The molecule has 0 amide bonds. The van der Waals surface area contributed by atoms with Crippen LogP contribution >= 0.6 is 0 Å². The Morgan fingerprint density at radius 1 is 1.42 bits per heavy atom. The van der Waals surface area contributed by atoms with Gasteiger partial charge in [0.15, 0.2) is 0 Å². The summed E-state index contributed by atoms with van der Waals surface area (Å²) in [5.74, 6) is -0.806. The minimum atomic E-state index is -0.569. The van der Waals surface area contributed by atoms with Gasteiger partial charge in [-0.3, -0.25) is 9.59 Å². The van der Waals surface area contributed by atoms with Crippen LogP contribution in [0.2, 0.25) is 0 Å². The van der Waals surface area contributed by atoms with Crippen molar-refractivity contribution < 1.29 is 14.3 Å². The maximum absolute atomic E-state index is 11.4. The zero-order valence-corrected chi connectivity index (χ0v) is 7.50. The van der Waals surface area contributed by atoms with Crippen LogP contribution < -0.4 is 0 Å². The molecule has 0 aromatic carbocycles. The van der Waals surface area contributed by atoms with E-state index in [0.717, 1.165) is 19.3 Å². The van der Waals surface area contributed by atoms with E-state index >= 15 is 0 Å². The number of ketones is 1. The van der Waals surface area contributed by atoms with Crippen molar-refractivity contribution in [3.05, 3.63) is 0 Å². The van der Waals surface area contributed by atoms with E-state index in [4.69, 9.17) is 0 Å². The van der Waals surface area contributed by atoms with Crippen LogP contribution in [0, 0.1) is 11.8 Å². The fraction of sp³-hybridized carbons (Fsp3) is 0.778. The van der Waals surface area contributed by atoms with Gasteiger partial charge in [-0.05, 0) is 19.8 Å². The van der Waals surface area contributed by atoms with Crippen LogP contribution in [0.15, 0.2) is 0 Å². The van der Waals surface area contributed by atoms with Gasteiger partial charge in [0.1, 0.15) is 11.7 Å². The highest BCUT2D eigenvalue weighted by Crippen LogP contribution is 2.29. The summed E-state index contributed by atoms with van der Waals surface area (Å²) >= 11 is 0. The Labute approximate surface area is 72.1 Å². The Morgan fingerprint density at radius 2 is 2.00 bits per heavy atom. The molecule has 0 bridgehead atoms.